The largest absolute Gasteiger partial charge is 0.497 e. The molecule has 1 aliphatic heterocycles. The van der Waals surface area contributed by atoms with Crippen LogP contribution in [0, 0.1) is 11.7 Å². The average Bonchev–Trinajstić information content (AvgIpc) is 3.08. The Morgan fingerprint density at radius 3 is 2.62 bits per heavy atom. The molecule has 0 aliphatic carbocycles. The number of aryl methyl sites for hydroxylation is 1. The Bertz CT molecular complexity index is 883. The highest BCUT2D eigenvalue weighted by Gasteiger charge is 2.41. The first-order valence-electron chi connectivity index (χ1n) is 8.15. The van der Waals surface area contributed by atoms with Crippen molar-refractivity contribution in [1.29, 1.82) is 0 Å². The fourth-order valence-corrected chi connectivity index (χ4v) is 3.29. The van der Waals surface area contributed by atoms with E-state index in [1.165, 1.54) is 31.0 Å². The minimum Gasteiger partial charge on any atom is -0.497 e. The predicted molar refractivity (Wildman–Crippen MR) is 92.9 cm³/mol. The number of benzene rings is 1. The van der Waals surface area contributed by atoms with E-state index in [0.29, 0.717) is 30.2 Å². The number of hydrogen-bond donors (Lipinski definition) is 0. The van der Waals surface area contributed by atoms with Gasteiger partial charge in [-0.1, -0.05) is 6.07 Å². The molecule has 0 amide bonds. The lowest BCUT2D eigenvalue weighted by Crippen LogP contribution is -2.27. The molecule has 8 heteroatoms. The highest BCUT2D eigenvalue weighted by atomic mass is 19.1. The van der Waals surface area contributed by atoms with E-state index in [2.05, 4.69) is 5.10 Å². The number of esters is 1. The zero-order valence-electron chi connectivity index (χ0n) is 14.8. The van der Waals surface area contributed by atoms with E-state index < -0.39 is 23.6 Å². The number of aromatic nitrogens is 2. The van der Waals surface area contributed by atoms with E-state index in [9.17, 15) is 14.0 Å². The maximum absolute atomic E-state index is 14.6. The lowest BCUT2D eigenvalue weighted by atomic mass is 9.88. The van der Waals surface area contributed by atoms with Crippen molar-refractivity contribution in [2.45, 2.75) is 5.92 Å². The van der Waals surface area contributed by atoms with Crippen LogP contribution >= 0.6 is 0 Å². The summed E-state index contributed by atoms with van der Waals surface area (Å²) in [6.07, 6.45) is 0. The van der Waals surface area contributed by atoms with Crippen LogP contribution in [0.3, 0.4) is 0 Å². The predicted octanol–water partition coefficient (Wildman–Crippen LogP) is 1.32. The zero-order chi connectivity index (χ0) is 18.8. The van der Waals surface area contributed by atoms with Crippen LogP contribution in [0.25, 0.3) is 0 Å². The van der Waals surface area contributed by atoms with Gasteiger partial charge in [0.15, 0.2) is 0 Å². The highest BCUT2D eigenvalue weighted by Crippen LogP contribution is 2.37. The lowest BCUT2D eigenvalue weighted by Gasteiger charge is -2.18. The van der Waals surface area contributed by atoms with Crippen LogP contribution in [0.5, 0.6) is 5.75 Å². The topological polar surface area (TPSA) is 73.7 Å². The average molecular weight is 361 g/mol. The molecule has 0 spiro atoms. The Balaban J connectivity index is 1.96. The van der Waals surface area contributed by atoms with Crippen LogP contribution in [0.4, 0.5) is 10.2 Å². The van der Waals surface area contributed by atoms with Gasteiger partial charge in [0.1, 0.15) is 17.4 Å². The van der Waals surface area contributed by atoms with Gasteiger partial charge in [-0.3, -0.25) is 9.59 Å². The van der Waals surface area contributed by atoms with Gasteiger partial charge in [-0.25, -0.2) is 9.07 Å². The molecule has 138 valence electrons. The first kappa shape index (κ1) is 17.9. The van der Waals surface area contributed by atoms with Gasteiger partial charge in [0.25, 0.3) is 5.56 Å². The smallest absolute Gasteiger partial charge is 0.311 e. The third-order valence-electron chi connectivity index (χ3n) is 4.70. The van der Waals surface area contributed by atoms with Crippen molar-refractivity contribution in [2.24, 2.45) is 13.0 Å². The lowest BCUT2D eigenvalue weighted by molar-refractivity contribution is -0.145. The van der Waals surface area contributed by atoms with E-state index in [4.69, 9.17) is 9.47 Å². The maximum atomic E-state index is 14.6. The fraction of sp³-hybridized carbons (Fsp3) is 0.389. The summed E-state index contributed by atoms with van der Waals surface area (Å²) < 4.78 is 25.7. The minimum atomic E-state index is -0.540. The molecule has 3 rings (SSSR count). The summed E-state index contributed by atoms with van der Waals surface area (Å²) in [5.74, 6) is -0.807. The molecule has 2 atom stereocenters. The van der Waals surface area contributed by atoms with E-state index in [1.807, 2.05) is 4.90 Å². The summed E-state index contributed by atoms with van der Waals surface area (Å²) in [5, 5.41) is 4.22. The molecule has 1 aromatic heterocycles. The number of carbonyl (C=O) groups is 1. The zero-order valence-corrected chi connectivity index (χ0v) is 14.8. The van der Waals surface area contributed by atoms with Crippen molar-refractivity contribution in [3.05, 3.63) is 52.1 Å². The second-order valence-electron chi connectivity index (χ2n) is 6.18. The molecule has 0 saturated carbocycles. The Labute approximate surface area is 149 Å². The fourth-order valence-electron chi connectivity index (χ4n) is 3.29. The number of ether oxygens (including phenoxy) is 2. The first-order valence-corrected chi connectivity index (χ1v) is 8.15. The second-order valence-corrected chi connectivity index (χ2v) is 6.18. The van der Waals surface area contributed by atoms with Gasteiger partial charge in [0.2, 0.25) is 0 Å². The van der Waals surface area contributed by atoms with Crippen LogP contribution < -0.4 is 15.2 Å². The third-order valence-corrected chi connectivity index (χ3v) is 4.70. The van der Waals surface area contributed by atoms with Gasteiger partial charge < -0.3 is 14.4 Å². The molecular formula is C18H20FN3O4. The SMILES string of the molecule is COC(=O)[C@@H]1CN(c2ccc(=O)n(C)n2)C[C@H]1c1ccc(OC)cc1F. The van der Waals surface area contributed by atoms with Crippen molar-refractivity contribution in [3.63, 3.8) is 0 Å². The van der Waals surface area contributed by atoms with Crippen LogP contribution in [0.15, 0.2) is 35.1 Å². The quantitative estimate of drug-likeness (QED) is 0.765. The third kappa shape index (κ3) is 3.26. The molecule has 7 nitrogen and oxygen atoms in total. The van der Waals surface area contributed by atoms with Gasteiger partial charge in [0.05, 0.1) is 20.1 Å². The molecule has 2 aromatic rings. The first-order chi connectivity index (χ1) is 12.4. The molecule has 2 heterocycles. The number of methoxy groups -OCH3 is 2. The maximum Gasteiger partial charge on any atom is 0.311 e. The molecule has 0 radical (unpaired) electrons. The van der Waals surface area contributed by atoms with Crippen LogP contribution in [0.2, 0.25) is 0 Å². The Kier molecular flexibility index (Phi) is 4.92. The van der Waals surface area contributed by atoms with E-state index >= 15 is 0 Å². The minimum absolute atomic E-state index is 0.227. The van der Waals surface area contributed by atoms with Crippen molar-refractivity contribution in [3.8, 4) is 5.75 Å². The summed E-state index contributed by atoms with van der Waals surface area (Å²) in [7, 11) is 4.34. The van der Waals surface area contributed by atoms with E-state index in [-0.39, 0.29) is 5.56 Å². The van der Waals surface area contributed by atoms with Crippen LogP contribution in [-0.2, 0) is 16.6 Å². The van der Waals surface area contributed by atoms with Crippen molar-refractivity contribution in [1.82, 2.24) is 9.78 Å². The standard InChI is InChI=1S/C18H20FN3O4/c1-21-17(23)7-6-16(20-21)22-9-13(14(10-22)18(24)26-3)12-5-4-11(25-2)8-15(12)19/h4-8,13-14H,9-10H2,1-3H3/t13-,14+/m0/s1. The second kappa shape index (κ2) is 7.15. The molecule has 0 N–H and O–H groups in total. The molecule has 1 aromatic carbocycles. The molecule has 1 fully saturated rings. The normalized spacial score (nSPS) is 19.5. The highest BCUT2D eigenvalue weighted by molar-refractivity contribution is 5.75. The van der Waals surface area contributed by atoms with E-state index in [1.54, 1.807) is 25.2 Å². The summed E-state index contributed by atoms with van der Waals surface area (Å²) in [6, 6.07) is 7.61. The van der Waals surface area contributed by atoms with Crippen molar-refractivity contribution >= 4 is 11.8 Å². The number of halogens is 1. The van der Waals surface area contributed by atoms with Gasteiger partial charge in [0, 0.05) is 38.2 Å². The summed E-state index contributed by atoms with van der Waals surface area (Å²) in [5.41, 5.74) is 0.198. The number of nitrogens with zero attached hydrogens (tertiary/aromatic N) is 3. The van der Waals surface area contributed by atoms with Gasteiger partial charge >= 0.3 is 5.97 Å². The van der Waals surface area contributed by atoms with Crippen LogP contribution in [0.1, 0.15) is 11.5 Å². The van der Waals surface area contributed by atoms with Crippen molar-refractivity contribution < 1.29 is 18.7 Å². The number of carbonyl (C=O) groups excluding carboxylic acids is 1. The molecule has 1 aliphatic rings. The summed E-state index contributed by atoms with van der Waals surface area (Å²) in [4.78, 5) is 25.7. The van der Waals surface area contributed by atoms with Gasteiger partial charge in [-0.05, 0) is 17.7 Å². The molecule has 1 saturated heterocycles. The summed E-state index contributed by atoms with van der Waals surface area (Å²) >= 11 is 0. The van der Waals surface area contributed by atoms with Gasteiger partial charge in [-0.2, -0.15) is 5.10 Å². The monoisotopic (exact) mass is 361 g/mol. The van der Waals surface area contributed by atoms with Crippen LogP contribution in [-0.4, -0.2) is 43.1 Å². The molecule has 26 heavy (non-hydrogen) atoms. The number of anilines is 1. The molecule has 0 bridgehead atoms. The number of hydrogen-bond acceptors (Lipinski definition) is 6. The number of rotatable bonds is 4. The Morgan fingerprint density at radius 1 is 1.23 bits per heavy atom. The van der Waals surface area contributed by atoms with Crippen molar-refractivity contribution in [2.75, 3.05) is 32.2 Å². The van der Waals surface area contributed by atoms with Gasteiger partial charge in [-0.15, -0.1) is 0 Å². The Morgan fingerprint density at radius 2 is 2.00 bits per heavy atom. The molecular weight excluding hydrogens is 341 g/mol. The summed E-state index contributed by atoms with van der Waals surface area (Å²) in [6.45, 7) is 0.711. The Hall–Kier alpha value is -2.90. The molecule has 0 unspecified atom stereocenters. The van der Waals surface area contributed by atoms with E-state index in [0.717, 1.165) is 0 Å².